The van der Waals surface area contributed by atoms with E-state index in [0.29, 0.717) is 0 Å². The molecule has 6 heteroatoms. The van der Waals surface area contributed by atoms with E-state index in [0.717, 1.165) is 50.3 Å². The van der Waals surface area contributed by atoms with Crippen molar-refractivity contribution in [3.63, 3.8) is 0 Å². The van der Waals surface area contributed by atoms with E-state index in [4.69, 9.17) is 4.74 Å². The molecule has 2 heterocycles. The molecule has 2 unspecified atom stereocenters. The molecule has 2 aliphatic rings. The molecule has 154 valence electrons. The number of amides is 1. The lowest BCUT2D eigenvalue weighted by Crippen LogP contribution is -2.46. The molecule has 1 amide bonds. The number of carbonyl (C=O) groups is 1. The van der Waals surface area contributed by atoms with Gasteiger partial charge in [-0.15, -0.1) is 0 Å². The summed E-state index contributed by atoms with van der Waals surface area (Å²) < 4.78 is 5.25. The van der Waals surface area contributed by atoms with Crippen LogP contribution in [0.25, 0.3) is 0 Å². The average Bonchev–Trinajstić information content (AvgIpc) is 3.12. The molecule has 2 N–H and O–H groups in total. The van der Waals surface area contributed by atoms with E-state index >= 15 is 0 Å². The molecule has 2 aromatic rings. The predicted octanol–water partition coefficient (Wildman–Crippen LogP) is 2.72. The molecule has 0 aliphatic carbocycles. The third-order valence-electron chi connectivity index (χ3n) is 5.96. The van der Waals surface area contributed by atoms with Crippen molar-refractivity contribution in [1.29, 1.82) is 0 Å². The van der Waals surface area contributed by atoms with Crippen LogP contribution in [0.2, 0.25) is 0 Å². The van der Waals surface area contributed by atoms with Crippen molar-refractivity contribution in [2.24, 2.45) is 0 Å². The van der Waals surface area contributed by atoms with Gasteiger partial charge in [0.2, 0.25) is 0 Å². The van der Waals surface area contributed by atoms with Gasteiger partial charge in [-0.25, -0.2) is 10.9 Å². The molecule has 0 aromatic heterocycles. The van der Waals surface area contributed by atoms with Crippen LogP contribution in [-0.2, 0) is 0 Å². The number of rotatable bonds is 4. The summed E-state index contributed by atoms with van der Waals surface area (Å²) in [5, 5.41) is 0. The highest BCUT2D eigenvalue weighted by molar-refractivity contribution is 5.94. The Morgan fingerprint density at radius 3 is 2.45 bits per heavy atom. The molecule has 0 saturated carbocycles. The first kappa shape index (κ1) is 19.9. The SMILES string of the molecule is COc1ccc(C2CC(N3CCCN(C(=O)c4ccc(C)cc4)CC3)NN2)cc1. The maximum atomic E-state index is 12.9. The minimum absolute atomic E-state index is 0.139. The second kappa shape index (κ2) is 8.95. The number of benzene rings is 2. The Morgan fingerprint density at radius 2 is 1.72 bits per heavy atom. The van der Waals surface area contributed by atoms with E-state index in [1.165, 1.54) is 11.1 Å². The molecule has 2 saturated heterocycles. The number of nitrogens with one attached hydrogen (secondary N) is 2. The zero-order valence-corrected chi connectivity index (χ0v) is 17.2. The summed E-state index contributed by atoms with van der Waals surface area (Å²) in [5.74, 6) is 1.02. The van der Waals surface area contributed by atoms with Crippen molar-refractivity contribution >= 4 is 5.91 Å². The number of methoxy groups -OCH3 is 1. The second-order valence-corrected chi connectivity index (χ2v) is 7.91. The van der Waals surface area contributed by atoms with Gasteiger partial charge in [-0.2, -0.15) is 0 Å². The van der Waals surface area contributed by atoms with E-state index in [9.17, 15) is 4.79 Å². The predicted molar refractivity (Wildman–Crippen MR) is 114 cm³/mol. The molecule has 29 heavy (non-hydrogen) atoms. The van der Waals surface area contributed by atoms with E-state index in [2.05, 4.69) is 27.9 Å². The average molecular weight is 395 g/mol. The van der Waals surface area contributed by atoms with Gasteiger partial charge in [-0.3, -0.25) is 9.69 Å². The number of nitrogens with zero attached hydrogens (tertiary/aromatic N) is 2. The van der Waals surface area contributed by atoms with Gasteiger partial charge >= 0.3 is 0 Å². The monoisotopic (exact) mass is 394 g/mol. The van der Waals surface area contributed by atoms with Crippen LogP contribution in [-0.4, -0.2) is 55.2 Å². The van der Waals surface area contributed by atoms with E-state index in [-0.39, 0.29) is 18.1 Å². The highest BCUT2D eigenvalue weighted by Crippen LogP contribution is 2.26. The van der Waals surface area contributed by atoms with Gasteiger partial charge in [-0.05, 0) is 49.6 Å². The molecule has 0 radical (unpaired) electrons. The third-order valence-corrected chi connectivity index (χ3v) is 5.96. The van der Waals surface area contributed by atoms with Gasteiger partial charge in [0, 0.05) is 37.8 Å². The lowest BCUT2D eigenvalue weighted by molar-refractivity contribution is 0.0756. The van der Waals surface area contributed by atoms with Crippen LogP contribution in [0.5, 0.6) is 5.75 Å². The fourth-order valence-electron chi connectivity index (χ4n) is 4.16. The summed E-state index contributed by atoms with van der Waals surface area (Å²) >= 11 is 0. The number of ether oxygens (including phenoxy) is 1. The first-order valence-corrected chi connectivity index (χ1v) is 10.4. The quantitative estimate of drug-likeness (QED) is 0.835. The molecule has 6 nitrogen and oxygen atoms in total. The number of hydrogen-bond acceptors (Lipinski definition) is 5. The molecule has 2 aliphatic heterocycles. The molecule has 0 bridgehead atoms. The maximum absolute atomic E-state index is 12.9. The van der Waals surface area contributed by atoms with Crippen LogP contribution < -0.4 is 15.6 Å². The smallest absolute Gasteiger partial charge is 0.253 e. The second-order valence-electron chi connectivity index (χ2n) is 7.91. The minimum atomic E-state index is 0.139. The van der Waals surface area contributed by atoms with Crippen LogP contribution in [0.4, 0.5) is 0 Å². The van der Waals surface area contributed by atoms with Crippen molar-refractivity contribution in [1.82, 2.24) is 20.7 Å². The number of aryl methyl sites for hydroxylation is 1. The van der Waals surface area contributed by atoms with Gasteiger partial charge in [-0.1, -0.05) is 29.8 Å². The van der Waals surface area contributed by atoms with Crippen LogP contribution in [0.1, 0.15) is 40.4 Å². The zero-order valence-electron chi connectivity index (χ0n) is 17.2. The molecule has 0 spiro atoms. The minimum Gasteiger partial charge on any atom is -0.497 e. The van der Waals surface area contributed by atoms with Gasteiger partial charge in [0.25, 0.3) is 5.91 Å². The van der Waals surface area contributed by atoms with E-state index < -0.39 is 0 Å². The normalized spacial score (nSPS) is 23.0. The van der Waals surface area contributed by atoms with Gasteiger partial charge < -0.3 is 9.64 Å². The number of hydrazine groups is 1. The summed E-state index contributed by atoms with van der Waals surface area (Å²) in [4.78, 5) is 17.3. The van der Waals surface area contributed by atoms with Crippen molar-refractivity contribution in [3.05, 3.63) is 65.2 Å². The van der Waals surface area contributed by atoms with Crippen molar-refractivity contribution in [2.75, 3.05) is 33.3 Å². The summed E-state index contributed by atoms with van der Waals surface area (Å²) in [6.07, 6.45) is 2.26. The van der Waals surface area contributed by atoms with Crippen LogP contribution in [0.3, 0.4) is 0 Å². The van der Waals surface area contributed by atoms with Crippen LogP contribution >= 0.6 is 0 Å². The Hall–Kier alpha value is -2.41. The molecule has 2 atom stereocenters. The summed E-state index contributed by atoms with van der Waals surface area (Å²) in [7, 11) is 1.69. The molecular formula is C23H30N4O2. The van der Waals surface area contributed by atoms with Gasteiger partial charge in [0.1, 0.15) is 5.75 Å². The van der Waals surface area contributed by atoms with Crippen molar-refractivity contribution in [2.45, 2.75) is 32.0 Å². The lowest BCUT2D eigenvalue weighted by atomic mass is 10.0. The van der Waals surface area contributed by atoms with Crippen molar-refractivity contribution < 1.29 is 9.53 Å². The van der Waals surface area contributed by atoms with Crippen LogP contribution in [0, 0.1) is 6.92 Å². The topological polar surface area (TPSA) is 56.8 Å². The third kappa shape index (κ3) is 4.61. The Bertz CT molecular complexity index is 822. The lowest BCUT2D eigenvalue weighted by Gasteiger charge is -2.27. The van der Waals surface area contributed by atoms with Gasteiger partial charge in [0.05, 0.1) is 13.3 Å². The fraction of sp³-hybridized carbons (Fsp3) is 0.435. The first-order chi connectivity index (χ1) is 14.1. The summed E-state index contributed by atoms with van der Waals surface area (Å²) in [5.41, 5.74) is 10.1. The van der Waals surface area contributed by atoms with Crippen LogP contribution in [0.15, 0.2) is 48.5 Å². The highest BCUT2D eigenvalue weighted by atomic mass is 16.5. The summed E-state index contributed by atoms with van der Waals surface area (Å²) in [6, 6.07) is 16.4. The highest BCUT2D eigenvalue weighted by Gasteiger charge is 2.31. The van der Waals surface area contributed by atoms with E-state index in [1.54, 1.807) is 7.11 Å². The Labute approximate surface area is 172 Å². The molecule has 4 rings (SSSR count). The fourth-order valence-corrected chi connectivity index (χ4v) is 4.16. The Morgan fingerprint density at radius 1 is 0.966 bits per heavy atom. The first-order valence-electron chi connectivity index (χ1n) is 10.4. The number of hydrogen-bond donors (Lipinski definition) is 2. The Kier molecular flexibility index (Phi) is 6.13. The summed E-state index contributed by atoms with van der Waals surface area (Å²) in [6.45, 7) is 5.49. The molecule has 2 aromatic carbocycles. The molecular weight excluding hydrogens is 364 g/mol. The zero-order chi connectivity index (χ0) is 20.2. The van der Waals surface area contributed by atoms with Crippen molar-refractivity contribution in [3.8, 4) is 5.75 Å². The Balaban J connectivity index is 1.33. The molecule has 2 fully saturated rings. The maximum Gasteiger partial charge on any atom is 0.253 e. The number of carbonyl (C=O) groups excluding carboxylic acids is 1. The largest absolute Gasteiger partial charge is 0.497 e. The van der Waals surface area contributed by atoms with Gasteiger partial charge in [0.15, 0.2) is 0 Å². The standard InChI is InChI=1S/C23H30N4O2/c1-17-4-6-19(7-5-17)23(28)27-13-3-12-26(14-15-27)22-16-21(24-25-22)18-8-10-20(29-2)11-9-18/h4-11,21-22,24-25H,3,12-16H2,1-2H3. The van der Waals surface area contributed by atoms with E-state index in [1.807, 2.05) is 48.2 Å².